The van der Waals surface area contributed by atoms with E-state index in [9.17, 15) is 0 Å². The average Bonchev–Trinajstić information content (AvgIpc) is 3.26. The van der Waals surface area contributed by atoms with Crippen molar-refractivity contribution in [3.63, 3.8) is 0 Å². The smallest absolute Gasteiger partial charge is 0.0541 e. The summed E-state index contributed by atoms with van der Waals surface area (Å²) in [7, 11) is 0. The number of para-hydroxylation sites is 1. The molecule has 0 spiro atoms. The van der Waals surface area contributed by atoms with Crippen LogP contribution in [0.4, 0.5) is 0 Å². The normalized spacial score (nSPS) is 10.9. The van der Waals surface area contributed by atoms with Crippen molar-refractivity contribution in [3.8, 4) is 16.8 Å². The molecule has 0 aliphatic carbocycles. The zero-order chi connectivity index (χ0) is 24.6. The summed E-state index contributed by atoms with van der Waals surface area (Å²) in [5, 5.41) is 2.57. The minimum Gasteiger partial charge on any atom is -0.309 e. The maximum absolute atomic E-state index is 4.16. The molecule has 0 fully saturated rings. The van der Waals surface area contributed by atoms with Gasteiger partial charge in [0.2, 0.25) is 0 Å². The van der Waals surface area contributed by atoms with E-state index in [4.69, 9.17) is 0 Å². The summed E-state index contributed by atoms with van der Waals surface area (Å²) in [6, 6.07) is 34.9. The first-order chi connectivity index (χ1) is 17.2. The molecule has 1 aromatic heterocycles. The molecule has 0 saturated heterocycles. The minimum absolute atomic E-state index is 0.938. The highest BCUT2D eigenvalue weighted by molar-refractivity contribution is 6.09. The lowest BCUT2D eigenvalue weighted by Gasteiger charge is -2.10. The Labute approximate surface area is 208 Å². The van der Waals surface area contributed by atoms with Crippen LogP contribution in [0.25, 0.3) is 38.6 Å². The summed E-state index contributed by atoms with van der Waals surface area (Å²) in [5.74, 6) is 0. The van der Waals surface area contributed by atoms with Gasteiger partial charge in [-0.25, -0.2) is 0 Å². The molecular weight excluding hydrogens is 422 g/mol. The molecule has 0 atom stereocenters. The number of allylic oxidation sites excluding steroid dienone is 4. The van der Waals surface area contributed by atoms with Crippen LogP contribution in [0.3, 0.4) is 0 Å². The SMILES string of the molecule is C=C.C=C/C=C\C(=C)CCc1ccc2c(c1)c1ccccc1n2-c1cccc(-c2ccccc2)c1. The van der Waals surface area contributed by atoms with Gasteiger partial charge in [0.25, 0.3) is 0 Å². The van der Waals surface area contributed by atoms with Crippen LogP contribution >= 0.6 is 0 Å². The summed E-state index contributed by atoms with van der Waals surface area (Å²) in [4.78, 5) is 0. The highest BCUT2D eigenvalue weighted by Crippen LogP contribution is 2.34. The second-order valence-electron chi connectivity index (χ2n) is 8.37. The summed E-state index contributed by atoms with van der Waals surface area (Å²) in [5.41, 5.74) is 8.54. The van der Waals surface area contributed by atoms with E-state index < -0.39 is 0 Å². The van der Waals surface area contributed by atoms with Gasteiger partial charge in [-0.2, -0.15) is 0 Å². The number of rotatable bonds is 7. The number of nitrogens with zero attached hydrogens (tertiary/aromatic N) is 1. The van der Waals surface area contributed by atoms with Gasteiger partial charge >= 0.3 is 0 Å². The zero-order valence-corrected chi connectivity index (χ0v) is 20.2. The lowest BCUT2D eigenvalue weighted by molar-refractivity contribution is 0.971. The maximum atomic E-state index is 4.16. The number of aromatic nitrogens is 1. The molecule has 1 nitrogen and oxygen atoms in total. The van der Waals surface area contributed by atoms with E-state index in [1.807, 2.05) is 12.2 Å². The van der Waals surface area contributed by atoms with Gasteiger partial charge in [-0.3, -0.25) is 0 Å². The fraction of sp³-hybridized carbons (Fsp3) is 0.0588. The van der Waals surface area contributed by atoms with Gasteiger partial charge in [-0.1, -0.05) is 104 Å². The van der Waals surface area contributed by atoms with Crippen LogP contribution in [0.2, 0.25) is 0 Å². The molecule has 172 valence electrons. The standard InChI is InChI=1S/C32H27N.C2H4/c1-3-4-11-24(2)18-19-25-20-21-32-30(22-25)29-16-8-9-17-31(29)33(32)28-15-10-14-27(23-28)26-12-6-5-7-13-26;1-2/h3-17,20-23H,1-2,18-19H2;1-2H2/b11-4-;. The van der Waals surface area contributed by atoms with Crippen molar-refractivity contribution in [1.82, 2.24) is 4.57 Å². The molecule has 0 aliphatic rings. The zero-order valence-electron chi connectivity index (χ0n) is 20.2. The summed E-state index contributed by atoms with van der Waals surface area (Å²) < 4.78 is 2.38. The molecule has 4 aromatic carbocycles. The third-order valence-electron chi connectivity index (χ3n) is 6.15. The topological polar surface area (TPSA) is 4.93 Å². The van der Waals surface area contributed by atoms with Crippen LogP contribution in [-0.4, -0.2) is 4.57 Å². The van der Waals surface area contributed by atoms with Crippen molar-refractivity contribution < 1.29 is 0 Å². The molecule has 0 amide bonds. The summed E-state index contributed by atoms with van der Waals surface area (Å²) in [6.07, 6.45) is 7.69. The first kappa shape index (κ1) is 23.8. The quantitative estimate of drug-likeness (QED) is 0.171. The van der Waals surface area contributed by atoms with Crippen LogP contribution in [-0.2, 0) is 6.42 Å². The van der Waals surface area contributed by atoms with Crippen LogP contribution in [0.1, 0.15) is 12.0 Å². The van der Waals surface area contributed by atoms with E-state index in [2.05, 4.69) is 128 Å². The largest absolute Gasteiger partial charge is 0.309 e. The second-order valence-corrected chi connectivity index (χ2v) is 8.37. The molecule has 0 N–H and O–H groups in total. The van der Waals surface area contributed by atoms with Gasteiger partial charge in [0.15, 0.2) is 0 Å². The van der Waals surface area contributed by atoms with Crippen molar-refractivity contribution in [2.24, 2.45) is 0 Å². The van der Waals surface area contributed by atoms with Gasteiger partial charge < -0.3 is 4.57 Å². The van der Waals surface area contributed by atoms with Crippen molar-refractivity contribution in [2.45, 2.75) is 12.8 Å². The number of hydrogen-bond donors (Lipinski definition) is 0. The Bertz CT molecular complexity index is 1500. The van der Waals surface area contributed by atoms with E-state index >= 15 is 0 Å². The monoisotopic (exact) mass is 453 g/mol. The van der Waals surface area contributed by atoms with Crippen molar-refractivity contribution in [2.75, 3.05) is 0 Å². The Balaban J connectivity index is 0.00000141. The first-order valence-corrected chi connectivity index (χ1v) is 11.9. The number of hydrogen-bond acceptors (Lipinski definition) is 0. The average molecular weight is 454 g/mol. The van der Waals surface area contributed by atoms with Gasteiger partial charge in [-0.05, 0) is 59.9 Å². The van der Waals surface area contributed by atoms with Gasteiger partial charge in [-0.15, -0.1) is 13.2 Å². The Morgan fingerprint density at radius 2 is 1.43 bits per heavy atom. The molecule has 0 unspecified atom stereocenters. The summed E-state index contributed by atoms with van der Waals surface area (Å²) in [6.45, 7) is 13.9. The van der Waals surface area contributed by atoms with E-state index in [0.29, 0.717) is 0 Å². The molecule has 0 aliphatic heterocycles. The Morgan fingerprint density at radius 3 is 2.23 bits per heavy atom. The lowest BCUT2D eigenvalue weighted by atomic mass is 10.0. The molecule has 0 bridgehead atoms. The molecule has 35 heavy (non-hydrogen) atoms. The highest BCUT2D eigenvalue weighted by atomic mass is 15.0. The first-order valence-electron chi connectivity index (χ1n) is 11.9. The third-order valence-corrected chi connectivity index (χ3v) is 6.15. The van der Waals surface area contributed by atoms with Crippen molar-refractivity contribution in [1.29, 1.82) is 0 Å². The van der Waals surface area contributed by atoms with E-state index in [0.717, 1.165) is 18.4 Å². The van der Waals surface area contributed by atoms with Crippen molar-refractivity contribution in [3.05, 3.63) is 153 Å². The second kappa shape index (κ2) is 11.2. The predicted molar refractivity (Wildman–Crippen MR) is 154 cm³/mol. The van der Waals surface area contributed by atoms with Crippen LogP contribution < -0.4 is 0 Å². The van der Waals surface area contributed by atoms with Crippen LogP contribution in [0.15, 0.2) is 147 Å². The van der Waals surface area contributed by atoms with Crippen molar-refractivity contribution >= 4 is 21.8 Å². The Kier molecular flexibility index (Phi) is 7.60. The number of aryl methyl sites for hydroxylation is 1. The Hall–Kier alpha value is -4.36. The molecular formula is C34H31N. The molecule has 1 heterocycles. The van der Waals surface area contributed by atoms with E-state index in [1.54, 1.807) is 6.08 Å². The number of benzene rings is 4. The van der Waals surface area contributed by atoms with E-state index in [-0.39, 0.29) is 0 Å². The van der Waals surface area contributed by atoms with Gasteiger partial charge in [0.1, 0.15) is 0 Å². The van der Waals surface area contributed by atoms with E-state index in [1.165, 1.54) is 44.2 Å². The molecule has 1 heteroatoms. The maximum Gasteiger partial charge on any atom is 0.0541 e. The highest BCUT2D eigenvalue weighted by Gasteiger charge is 2.13. The summed E-state index contributed by atoms with van der Waals surface area (Å²) >= 11 is 0. The number of fused-ring (bicyclic) bond motifs is 3. The third kappa shape index (κ3) is 5.10. The minimum atomic E-state index is 0.938. The molecule has 0 saturated carbocycles. The lowest BCUT2D eigenvalue weighted by Crippen LogP contribution is -1.94. The van der Waals surface area contributed by atoms with Crippen LogP contribution in [0, 0.1) is 0 Å². The predicted octanol–water partition coefficient (Wildman–Crippen LogP) is 9.48. The molecule has 0 radical (unpaired) electrons. The molecule has 5 rings (SSSR count). The van der Waals surface area contributed by atoms with Gasteiger partial charge in [0, 0.05) is 16.5 Å². The Morgan fingerprint density at radius 1 is 0.714 bits per heavy atom. The molecule has 5 aromatic rings. The fourth-order valence-corrected chi connectivity index (χ4v) is 4.50. The van der Waals surface area contributed by atoms with Crippen LogP contribution in [0.5, 0.6) is 0 Å². The van der Waals surface area contributed by atoms with Gasteiger partial charge in [0.05, 0.1) is 11.0 Å². The fourth-order valence-electron chi connectivity index (χ4n) is 4.50.